The Morgan fingerprint density at radius 2 is 2.00 bits per heavy atom. The van der Waals surface area contributed by atoms with Crippen molar-refractivity contribution in [3.63, 3.8) is 0 Å². The third-order valence-electron chi connectivity index (χ3n) is 3.37. The van der Waals surface area contributed by atoms with E-state index in [4.69, 9.17) is 0 Å². The highest BCUT2D eigenvalue weighted by atomic mass is 32.1. The molecule has 2 atom stereocenters. The molecule has 4 nitrogen and oxygen atoms in total. The first-order chi connectivity index (χ1) is 10.2. The highest BCUT2D eigenvalue weighted by molar-refractivity contribution is 7.07. The van der Waals surface area contributed by atoms with Crippen LogP contribution in [0.2, 0.25) is 0 Å². The maximum Gasteiger partial charge on any atom is 0.315 e. The van der Waals surface area contributed by atoms with Crippen LogP contribution in [0.15, 0.2) is 47.2 Å². The smallest absolute Gasteiger partial charge is 0.315 e. The van der Waals surface area contributed by atoms with Gasteiger partial charge in [0.15, 0.2) is 0 Å². The average Bonchev–Trinajstić information content (AvgIpc) is 3.05. The van der Waals surface area contributed by atoms with Crippen molar-refractivity contribution in [2.45, 2.75) is 18.9 Å². The van der Waals surface area contributed by atoms with E-state index in [0.717, 1.165) is 5.56 Å². The summed E-state index contributed by atoms with van der Waals surface area (Å²) in [6.07, 6.45) is 0. The first-order valence-corrected chi connectivity index (χ1v) is 7.87. The monoisotopic (exact) mass is 304 g/mol. The Morgan fingerprint density at radius 3 is 2.62 bits per heavy atom. The van der Waals surface area contributed by atoms with Gasteiger partial charge in [-0.2, -0.15) is 11.3 Å². The lowest BCUT2D eigenvalue weighted by atomic mass is 10.1. The van der Waals surface area contributed by atoms with E-state index < -0.39 is 0 Å². The SMILES string of the molecule is CC(CNC(=O)N[C@H](CO)c1ccccc1)c1ccsc1. The number of amides is 2. The lowest BCUT2D eigenvalue weighted by Gasteiger charge is -2.18. The van der Waals surface area contributed by atoms with E-state index in [9.17, 15) is 9.90 Å². The molecule has 0 spiro atoms. The van der Waals surface area contributed by atoms with Crippen LogP contribution in [0.25, 0.3) is 0 Å². The molecule has 5 heteroatoms. The topological polar surface area (TPSA) is 61.4 Å². The van der Waals surface area contributed by atoms with Gasteiger partial charge in [-0.25, -0.2) is 4.79 Å². The number of benzene rings is 1. The molecule has 0 aliphatic carbocycles. The van der Waals surface area contributed by atoms with Crippen molar-refractivity contribution in [2.24, 2.45) is 0 Å². The highest BCUT2D eigenvalue weighted by Crippen LogP contribution is 2.17. The number of hydrogen-bond acceptors (Lipinski definition) is 3. The number of nitrogens with one attached hydrogen (secondary N) is 2. The molecule has 2 rings (SSSR count). The lowest BCUT2D eigenvalue weighted by Crippen LogP contribution is -2.40. The molecule has 0 aliphatic rings. The molecule has 1 aromatic carbocycles. The zero-order chi connectivity index (χ0) is 15.1. The fraction of sp³-hybridized carbons (Fsp3) is 0.312. The summed E-state index contributed by atoms with van der Waals surface area (Å²) in [5.41, 5.74) is 2.11. The van der Waals surface area contributed by atoms with E-state index in [1.807, 2.05) is 35.7 Å². The number of hydrogen-bond donors (Lipinski definition) is 3. The van der Waals surface area contributed by atoms with Crippen molar-refractivity contribution >= 4 is 17.4 Å². The van der Waals surface area contributed by atoms with Crippen molar-refractivity contribution in [3.8, 4) is 0 Å². The zero-order valence-corrected chi connectivity index (χ0v) is 12.8. The highest BCUT2D eigenvalue weighted by Gasteiger charge is 2.14. The van der Waals surface area contributed by atoms with Crippen molar-refractivity contribution in [1.82, 2.24) is 10.6 Å². The number of urea groups is 1. The van der Waals surface area contributed by atoms with Gasteiger partial charge in [-0.15, -0.1) is 0 Å². The van der Waals surface area contributed by atoms with Crippen molar-refractivity contribution in [2.75, 3.05) is 13.2 Å². The Bertz CT molecular complexity index is 543. The zero-order valence-electron chi connectivity index (χ0n) is 12.0. The van der Waals surface area contributed by atoms with Crippen LogP contribution >= 0.6 is 11.3 Å². The normalized spacial score (nSPS) is 13.4. The van der Waals surface area contributed by atoms with Crippen LogP contribution in [0.3, 0.4) is 0 Å². The van der Waals surface area contributed by atoms with Gasteiger partial charge < -0.3 is 15.7 Å². The molecule has 112 valence electrons. The Morgan fingerprint density at radius 1 is 1.24 bits per heavy atom. The fourth-order valence-electron chi connectivity index (χ4n) is 2.05. The summed E-state index contributed by atoms with van der Waals surface area (Å²) in [6, 6.07) is 10.9. The van der Waals surface area contributed by atoms with Gasteiger partial charge in [0.1, 0.15) is 0 Å². The summed E-state index contributed by atoms with van der Waals surface area (Å²) in [5.74, 6) is 0.270. The van der Waals surface area contributed by atoms with Gasteiger partial charge in [0.2, 0.25) is 0 Å². The number of thiophene rings is 1. The Hall–Kier alpha value is -1.85. The minimum absolute atomic E-state index is 0.127. The largest absolute Gasteiger partial charge is 0.394 e. The molecule has 2 aromatic rings. The van der Waals surface area contributed by atoms with Crippen LogP contribution in [0, 0.1) is 0 Å². The Balaban J connectivity index is 1.83. The molecule has 0 radical (unpaired) electrons. The van der Waals surface area contributed by atoms with Crippen molar-refractivity contribution in [1.29, 1.82) is 0 Å². The van der Waals surface area contributed by atoms with E-state index in [-0.39, 0.29) is 24.6 Å². The first kappa shape index (κ1) is 15.5. The molecule has 21 heavy (non-hydrogen) atoms. The van der Waals surface area contributed by atoms with Gasteiger partial charge in [-0.05, 0) is 33.9 Å². The summed E-state index contributed by atoms with van der Waals surface area (Å²) >= 11 is 1.65. The minimum Gasteiger partial charge on any atom is -0.394 e. The van der Waals surface area contributed by atoms with Gasteiger partial charge in [0.05, 0.1) is 12.6 Å². The third-order valence-corrected chi connectivity index (χ3v) is 4.07. The van der Waals surface area contributed by atoms with E-state index >= 15 is 0 Å². The fourth-order valence-corrected chi connectivity index (χ4v) is 2.83. The lowest BCUT2D eigenvalue weighted by molar-refractivity contribution is 0.216. The Labute approximate surface area is 128 Å². The van der Waals surface area contributed by atoms with Crippen LogP contribution in [-0.4, -0.2) is 24.3 Å². The van der Waals surface area contributed by atoms with Crippen LogP contribution in [0.4, 0.5) is 4.79 Å². The summed E-state index contributed by atoms with van der Waals surface area (Å²) in [6.45, 7) is 2.51. The van der Waals surface area contributed by atoms with E-state index in [2.05, 4.69) is 29.0 Å². The molecule has 0 bridgehead atoms. The number of aliphatic hydroxyl groups is 1. The van der Waals surface area contributed by atoms with Gasteiger partial charge in [-0.1, -0.05) is 37.3 Å². The maximum absolute atomic E-state index is 11.9. The average molecular weight is 304 g/mol. The molecular formula is C16H20N2O2S. The summed E-state index contributed by atoms with van der Waals surface area (Å²) in [5, 5.41) is 19.2. The standard InChI is InChI=1S/C16H20N2O2S/c1-12(14-7-8-21-11-14)9-17-16(20)18-15(10-19)13-5-3-2-4-6-13/h2-8,11-12,15,19H,9-10H2,1H3,(H2,17,18,20)/t12?,15-/m1/s1. The molecule has 3 N–H and O–H groups in total. The second-order valence-corrected chi connectivity index (χ2v) is 5.74. The van der Waals surface area contributed by atoms with E-state index in [0.29, 0.717) is 6.54 Å². The molecule has 1 unspecified atom stereocenters. The quantitative estimate of drug-likeness (QED) is 0.768. The molecule has 0 fully saturated rings. The number of aliphatic hydroxyl groups excluding tert-OH is 1. The molecule has 1 aromatic heterocycles. The van der Waals surface area contributed by atoms with Crippen LogP contribution < -0.4 is 10.6 Å². The second kappa shape index (κ2) is 7.81. The molecule has 1 heterocycles. The van der Waals surface area contributed by atoms with E-state index in [1.54, 1.807) is 11.3 Å². The molecule has 0 saturated heterocycles. The molecular weight excluding hydrogens is 284 g/mol. The van der Waals surface area contributed by atoms with Gasteiger partial charge in [-0.3, -0.25) is 0 Å². The minimum atomic E-state index is -0.386. The predicted molar refractivity (Wildman–Crippen MR) is 85.5 cm³/mol. The van der Waals surface area contributed by atoms with E-state index in [1.165, 1.54) is 5.56 Å². The summed E-state index contributed by atoms with van der Waals surface area (Å²) < 4.78 is 0. The number of rotatable bonds is 6. The Kier molecular flexibility index (Phi) is 5.78. The molecule has 0 saturated carbocycles. The molecule has 0 aliphatic heterocycles. The van der Waals surface area contributed by atoms with Crippen LogP contribution in [0.1, 0.15) is 30.0 Å². The third kappa shape index (κ3) is 4.58. The summed E-state index contributed by atoms with van der Waals surface area (Å²) in [4.78, 5) is 11.9. The van der Waals surface area contributed by atoms with Gasteiger partial charge >= 0.3 is 6.03 Å². The van der Waals surface area contributed by atoms with Crippen molar-refractivity contribution in [3.05, 3.63) is 58.3 Å². The van der Waals surface area contributed by atoms with Gasteiger partial charge in [0.25, 0.3) is 0 Å². The maximum atomic E-state index is 11.9. The van der Waals surface area contributed by atoms with Crippen molar-refractivity contribution < 1.29 is 9.90 Å². The summed E-state index contributed by atoms with van der Waals surface area (Å²) in [7, 11) is 0. The van der Waals surface area contributed by atoms with Crippen LogP contribution in [0.5, 0.6) is 0 Å². The number of carbonyl (C=O) groups excluding carboxylic acids is 1. The second-order valence-electron chi connectivity index (χ2n) is 4.96. The first-order valence-electron chi connectivity index (χ1n) is 6.93. The number of carbonyl (C=O) groups is 1. The molecule has 2 amide bonds. The van der Waals surface area contributed by atoms with Gasteiger partial charge in [0, 0.05) is 6.54 Å². The van der Waals surface area contributed by atoms with Crippen LogP contribution in [-0.2, 0) is 0 Å². The predicted octanol–water partition coefficient (Wildman–Crippen LogP) is 2.88.